The molecule has 2 N–H and O–H groups in total. The zero-order valence-electron chi connectivity index (χ0n) is 14.8. The Balaban J connectivity index is 2.00. The monoisotopic (exact) mass is 359 g/mol. The largest absolute Gasteiger partial charge is 0.494 e. The first-order valence-corrected chi connectivity index (χ1v) is 7.93. The number of methoxy groups -OCH3 is 2. The van der Waals surface area contributed by atoms with E-state index in [4.69, 9.17) is 9.47 Å². The van der Waals surface area contributed by atoms with E-state index in [-0.39, 0.29) is 30.0 Å². The van der Waals surface area contributed by atoms with Crippen LogP contribution in [0.1, 0.15) is 18.6 Å². The van der Waals surface area contributed by atoms with E-state index in [1.807, 2.05) is 31.2 Å². The number of carbonyl (C=O) groups is 1. The minimum Gasteiger partial charge on any atom is -0.494 e. The zero-order chi connectivity index (χ0) is 19.1. The van der Waals surface area contributed by atoms with Gasteiger partial charge in [-0.1, -0.05) is 12.1 Å². The lowest BCUT2D eigenvalue weighted by Gasteiger charge is -2.13. The average Bonchev–Trinajstić information content (AvgIpc) is 2.66. The molecule has 2 aromatic carbocycles. The Morgan fingerprint density at radius 1 is 1.23 bits per heavy atom. The van der Waals surface area contributed by atoms with Gasteiger partial charge in [0.2, 0.25) is 5.91 Å². The SMILES string of the molecule is COc1cc([N+](=O)[O-])ccc1NC(=O)CNc1cccc(C(C)OC)c1. The van der Waals surface area contributed by atoms with Gasteiger partial charge in [0, 0.05) is 18.9 Å². The van der Waals surface area contributed by atoms with Gasteiger partial charge >= 0.3 is 0 Å². The number of hydrogen-bond acceptors (Lipinski definition) is 6. The maximum absolute atomic E-state index is 12.2. The fourth-order valence-corrected chi connectivity index (χ4v) is 2.31. The van der Waals surface area contributed by atoms with Crippen molar-refractivity contribution in [3.8, 4) is 5.75 Å². The van der Waals surface area contributed by atoms with Crippen molar-refractivity contribution in [1.82, 2.24) is 0 Å². The third kappa shape index (κ3) is 4.93. The fraction of sp³-hybridized carbons (Fsp3) is 0.278. The van der Waals surface area contributed by atoms with Crippen molar-refractivity contribution < 1.29 is 19.2 Å². The van der Waals surface area contributed by atoms with Crippen molar-refractivity contribution in [2.24, 2.45) is 0 Å². The lowest BCUT2D eigenvalue weighted by atomic mass is 10.1. The van der Waals surface area contributed by atoms with Crippen molar-refractivity contribution in [3.05, 3.63) is 58.1 Å². The molecule has 0 saturated carbocycles. The summed E-state index contributed by atoms with van der Waals surface area (Å²) in [6, 6.07) is 11.6. The number of ether oxygens (including phenoxy) is 2. The van der Waals surface area contributed by atoms with Crippen LogP contribution in [0, 0.1) is 10.1 Å². The molecule has 26 heavy (non-hydrogen) atoms. The summed E-state index contributed by atoms with van der Waals surface area (Å²) in [5, 5.41) is 16.5. The number of benzene rings is 2. The second-order valence-electron chi connectivity index (χ2n) is 5.55. The van der Waals surface area contributed by atoms with Gasteiger partial charge in [0.15, 0.2) is 0 Å². The fourth-order valence-electron chi connectivity index (χ4n) is 2.31. The number of nitrogens with one attached hydrogen (secondary N) is 2. The van der Waals surface area contributed by atoms with Crippen LogP contribution < -0.4 is 15.4 Å². The van der Waals surface area contributed by atoms with Gasteiger partial charge in [0.1, 0.15) is 5.75 Å². The second-order valence-corrected chi connectivity index (χ2v) is 5.55. The molecule has 8 nitrogen and oxygen atoms in total. The first-order valence-electron chi connectivity index (χ1n) is 7.93. The van der Waals surface area contributed by atoms with Crippen LogP contribution in [-0.2, 0) is 9.53 Å². The lowest BCUT2D eigenvalue weighted by Crippen LogP contribution is -2.22. The molecule has 2 aromatic rings. The lowest BCUT2D eigenvalue weighted by molar-refractivity contribution is -0.384. The Labute approximate surface area is 151 Å². The summed E-state index contributed by atoms with van der Waals surface area (Å²) in [6.07, 6.45) is -0.0463. The number of nitrogens with zero attached hydrogens (tertiary/aromatic N) is 1. The molecule has 1 atom stereocenters. The third-order valence-electron chi connectivity index (χ3n) is 3.83. The summed E-state index contributed by atoms with van der Waals surface area (Å²) in [5.74, 6) is -0.0780. The molecule has 0 aliphatic heterocycles. The summed E-state index contributed by atoms with van der Waals surface area (Å²) in [7, 11) is 3.02. The van der Waals surface area contributed by atoms with Crippen LogP contribution in [0.2, 0.25) is 0 Å². The van der Waals surface area contributed by atoms with E-state index in [0.29, 0.717) is 5.69 Å². The molecule has 0 aliphatic carbocycles. The quantitative estimate of drug-likeness (QED) is 0.553. The van der Waals surface area contributed by atoms with Crippen LogP contribution in [0.5, 0.6) is 5.75 Å². The third-order valence-corrected chi connectivity index (χ3v) is 3.83. The van der Waals surface area contributed by atoms with Gasteiger partial charge in [-0.3, -0.25) is 14.9 Å². The Kier molecular flexibility index (Phi) is 6.51. The van der Waals surface area contributed by atoms with Crippen LogP contribution >= 0.6 is 0 Å². The number of anilines is 2. The van der Waals surface area contributed by atoms with Gasteiger partial charge in [0.25, 0.3) is 5.69 Å². The first-order chi connectivity index (χ1) is 12.4. The molecule has 1 amide bonds. The molecule has 0 aromatic heterocycles. The maximum atomic E-state index is 12.2. The number of nitro groups is 1. The van der Waals surface area contributed by atoms with Crippen molar-refractivity contribution >= 4 is 23.0 Å². The van der Waals surface area contributed by atoms with E-state index in [1.54, 1.807) is 7.11 Å². The molecular weight excluding hydrogens is 338 g/mol. The molecule has 0 saturated heterocycles. The minimum atomic E-state index is -0.524. The summed E-state index contributed by atoms with van der Waals surface area (Å²) >= 11 is 0. The van der Waals surface area contributed by atoms with Gasteiger partial charge < -0.3 is 20.1 Å². The Morgan fingerprint density at radius 2 is 2.00 bits per heavy atom. The predicted octanol–water partition coefficient (Wildman–Crippen LogP) is 3.36. The molecule has 8 heteroatoms. The Hall–Kier alpha value is -3.13. The van der Waals surface area contributed by atoms with E-state index in [1.165, 1.54) is 25.3 Å². The number of amides is 1. The molecule has 138 valence electrons. The molecule has 2 rings (SSSR count). The second kappa shape index (κ2) is 8.82. The highest BCUT2D eigenvalue weighted by atomic mass is 16.6. The van der Waals surface area contributed by atoms with Gasteiger partial charge in [-0.25, -0.2) is 0 Å². The summed E-state index contributed by atoms with van der Waals surface area (Å²) < 4.78 is 10.4. The molecule has 1 unspecified atom stereocenters. The van der Waals surface area contributed by atoms with E-state index < -0.39 is 4.92 Å². The molecule has 0 fully saturated rings. The van der Waals surface area contributed by atoms with Crippen molar-refractivity contribution in [3.63, 3.8) is 0 Å². The summed E-state index contributed by atoms with van der Waals surface area (Å²) in [5.41, 5.74) is 2.04. The average molecular weight is 359 g/mol. The first kappa shape index (κ1) is 19.2. The van der Waals surface area contributed by atoms with Crippen LogP contribution in [0.3, 0.4) is 0 Å². The predicted molar refractivity (Wildman–Crippen MR) is 98.6 cm³/mol. The summed E-state index contributed by atoms with van der Waals surface area (Å²) in [4.78, 5) is 22.4. The molecule has 0 radical (unpaired) electrons. The van der Waals surface area contributed by atoms with Crippen LogP contribution in [-0.4, -0.2) is 31.6 Å². The van der Waals surface area contributed by atoms with E-state index in [0.717, 1.165) is 11.3 Å². The van der Waals surface area contributed by atoms with Gasteiger partial charge in [-0.15, -0.1) is 0 Å². The number of carbonyl (C=O) groups excluding carboxylic acids is 1. The number of nitro benzene ring substituents is 1. The minimum absolute atomic E-state index is 0.0327. The van der Waals surface area contributed by atoms with Crippen molar-refractivity contribution in [2.45, 2.75) is 13.0 Å². The van der Waals surface area contributed by atoms with Crippen LogP contribution in [0.15, 0.2) is 42.5 Å². The molecule has 0 aliphatic rings. The molecule has 0 spiro atoms. The normalized spacial score (nSPS) is 11.5. The number of rotatable bonds is 8. The highest BCUT2D eigenvalue weighted by molar-refractivity contribution is 5.95. The molecule has 0 bridgehead atoms. The zero-order valence-corrected chi connectivity index (χ0v) is 14.8. The van der Waals surface area contributed by atoms with E-state index >= 15 is 0 Å². The smallest absolute Gasteiger partial charge is 0.273 e. The maximum Gasteiger partial charge on any atom is 0.273 e. The van der Waals surface area contributed by atoms with E-state index in [9.17, 15) is 14.9 Å². The highest BCUT2D eigenvalue weighted by Crippen LogP contribution is 2.29. The van der Waals surface area contributed by atoms with Crippen molar-refractivity contribution in [1.29, 1.82) is 0 Å². The highest BCUT2D eigenvalue weighted by Gasteiger charge is 2.13. The van der Waals surface area contributed by atoms with E-state index in [2.05, 4.69) is 10.6 Å². The standard InChI is InChI=1S/C18H21N3O5/c1-12(25-2)13-5-4-6-14(9-13)19-11-18(22)20-16-8-7-15(21(23)24)10-17(16)26-3/h4-10,12,19H,11H2,1-3H3,(H,20,22). The van der Waals surface area contributed by atoms with Gasteiger partial charge in [-0.2, -0.15) is 0 Å². The van der Waals surface area contributed by atoms with Gasteiger partial charge in [0.05, 0.1) is 36.4 Å². The molecule has 0 heterocycles. The Morgan fingerprint density at radius 3 is 2.65 bits per heavy atom. The number of non-ortho nitro benzene ring substituents is 1. The van der Waals surface area contributed by atoms with Crippen LogP contribution in [0.4, 0.5) is 17.1 Å². The Bertz CT molecular complexity index is 794. The topological polar surface area (TPSA) is 103 Å². The van der Waals surface area contributed by atoms with Gasteiger partial charge in [-0.05, 0) is 30.7 Å². The van der Waals surface area contributed by atoms with Crippen LogP contribution in [0.25, 0.3) is 0 Å². The number of hydrogen-bond donors (Lipinski definition) is 2. The molecular formula is C18H21N3O5. The summed E-state index contributed by atoms with van der Waals surface area (Å²) in [6.45, 7) is 1.97. The van der Waals surface area contributed by atoms with Crippen molar-refractivity contribution in [2.75, 3.05) is 31.4 Å².